The number of hydrogen-bond donors (Lipinski definition) is 1. The Balaban J connectivity index is 1.59. The normalized spacial score (nSPS) is 17.7. The number of hydrogen-bond acceptors (Lipinski definition) is 3. The van der Waals surface area contributed by atoms with Gasteiger partial charge in [0.2, 0.25) is 5.56 Å². The minimum atomic E-state index is 0.0122. The minimum absolute atomic E-state index is 0.0122. The van der Waals surface area contributed by atoms with E-state index in [0.29, 0.717) is 5.92 Å². The van der Waals surface area contributed by atoms with Crippen LogP contribution in [-0.2, 0) is 6.54 Å². The molecule has 0 saturated carbocycles. The van der Waals surface area contributed by atoms with Crippen LogP contribution in [0.3, 0.4) is 0 Å². The molecule has 0 radical (unpaired) electrons. The van der Waals surface area contributed by atoms with E-state index < -0.39 is 0 Å². The number of nitrogens with zero attached hydrogens (tertiary/aromatic N) is 1. The van der Waals surface area contributed by atoms with Crippen LogP contribution in [0, 0.1) is 0 Å². The van der Waals surface area contributed by atoms with Gasteiger partial charge in [-0.15, -0.1) is 0 Å². The molecule has 3 rings (SSSR count). The van der Waals surface area contributed by atoms with Gasteiger partial charge in [0.15, 0.2) is 0 Å². The summed E-state index contributed by atoms with van der Waals surface area (Å²) in [7, 11) is 0. The quantitative estimate of drug-likeness (QED) is 0.934. The molecule has 2 aromatic rings. The van der Waals surface area contributed by atoms with Crippen molar-refractivity contribution in [1.29, 1.82) is 0 Å². The van der Waals surface area contributed by atoms with Crippen LogP contribution in [0.2, 0.25) is 0 Å². The van der Waals surface area contributed by atoms with Gasteiger partial charge in [0, 0.05) is 18.8 Å². The fourth-order valence-electron chi connectivity index (χ4n) is 2.78. The first-order chi connectivity index (χ1) is 9.31. The van der Waals surface area contributed by atoms with E-state index in [4.69, 9.17) is 0 Å². The van der Waals surface area contributed by atoms with E-state index in [1.165, 1.54) is 11.1 Å². The van der Waals surface area contributed by atoms with Gasteiger partial charge in [0.1, 0.15) is 0 Å². The Kier molecular flexibility index (Phi) is 3.80. The molecule has 4 heteroatoms. The Morgan fingerprint density at radius 2 is 2.16 bits per heavy atom. The molecule has 2 aromatic heterocycles. The highest BCUT2D eigenvalue weighted by Gasteiger charge is 2.20. The molecule has 19 heavy (non-hydrogen) atoms. The number of piperidine rings is 1. The maximum Gasteiger partial charge on any atom is 0.248 e. The first-order valence-corrected chi connectivity index (χ1v) is 7.67. The van der Waals surface area contributed by atoms with Crippen LogP contribution in [0.25, 0.3) is 0 Å². The molecule has 0 atom stereocenters. The molecular weight excluding hydrogens is 256 g/mol. The Morgan fingerprint density at radius 3 is 2.84 bits per heavy atom. The van der Waals surface area contributed by atoms with Crippen molar-refractivity contribution < 1.29 is 0 Å². The maximum absolute atomic E-state index is 11.3. The highest BCUT2D eigenvalue weighted by atomic mass is 32.1. The number of likely N-dealkylation sites (tertiary alicyclic amines) is 1. The Bertz CT molecular complexity index is 568. The molecule has 3 nitrogen and oxygen atoms in total. The van der Waals surface area contributed by atoms with E-state index in [-0.39, 0.29) is 5.56 Å². The average molecular weight is 274 g/mol. The SMILES string of the molecule is O=c1cc(C2CCN(Cc3ccsc3)CC2)cc[nH]1. The molecule has 1 saturated heterocycles. The molecule has 0 aliphatic carbocycles. The van der Waals surface area contributed by atoms with Crippen molar-refractivity contribution >= 4 is 11.3 Å². The van der Waals surface area contributed by atoms with Crippen LogP contribution in [0.15, 0.2) is 40.0 Å². The molecule has 0 bridgehead atoms. The molecule has 0 amide bonds. The summed E-state index contributed by atoms with van der Waals surface area (Å²) in [5.74, 6) is 0.543. The lowest BCUT2D eigenvalue weighted by Crippen LogP contribution is -2.32. The smallest absolute Gasteiger partial charge is 0.248 e. The number of nitrogens with one attached hydrogen (secondary N) is 1. The summed E-state index contributed by atoms with van der Waals surface area (Å²) in [6.07, 6.45) is 4.05. The zero-order valence-corrected chi connectivity index (χ0v) is 11.7. The summed E-state index contributed by atoms with van der Waals surface area (Å²) in [4.78, 5) is 16.5. The first kappa shape index (κ1) is 12.6. The van der Waals surface area contributed by atoms with E-state index >= 15 is 0 Å². The van der Waals surface area contributed by atoms with Gasteiger partial charge in [0.25, 0.3) is 0 Å². The topological polar surface area (TPSA) is 36.1 Å². The van der Waals surface area contributed by atoms with E-state index in [1.807, 2.05) is 6.07 Å². The summed E-state index contributed by atoms with van der Waals surface area (Å²) >= 11 is 1.76. The largest absolute Gasteiger partial charge is 0.329 e. The number of thiophene rings is 1. The lowest BCUT2D eigenvalue weighted by atomic mass is 9.90. The molecule has 0 unspecified atom stereocenters. The van der Waals surface area contributed by atoms with Crippen molar-refractivity contribution in [1.82, 2.24) is 9.88 Å². The molecular formula is C15H18N2OS. The Hall–Kier alpha value is -1.39. The zero-order valence-electron chi connectivity index (χ0n) is 10.8. The summed E-state index contributed by atoms with van der Waals surface area (Å²) in [5, 5.41) is 4.36. The Morgan fingerprint density at radius 1 is 1.32 bits per heavy atom. The van der Waals surface area contributed by atoms with Crippen LogP contribution >= 0.6 is 11.3 Å². The standard InChI is InChI=1S/C15H18N2OS/c18-15-9-14(1-5-16-15)13-2-6-17(7-3-13)10-12-4-8-19-11-12/h1,4-5,8-9,11,13H,2-3,6-7,10H2,(H,16,18). The predicted octanol–water partition coefficient (Wildman–Crippen LogP) is 2.82. The van der Waals surface area contributed by atoms with E-state index in [2.05, 4.69) is 26.7 Å². The number of aromatic amines is 1. The van der Waals surface area contributed by atoms with Crippen LogP contribution < -0.4 is 5.56 Å². The molecule has 0 aromatic carbocycles. The first-order valence-electron chi connectivity index (χ1n) is 6.73. The summed E-state index contributed by atoms with van der Waals surface area (Å²) in [5.41, 5.74) is 2.62. The second-order valence-electron chi connectivity index (χ2n) is 5.17. The van der Waals surface area contributed by atoms with Crippen molar-refractivity contribution in [2.24, 2.45) is 0 Å². The van der Waals surface area contributed by atoms with Crippen molar-refractivity contribution in [2.75, 3.05) is 13.1 Å². The van der Waals surface area contributed by atoms with Crippen molar-refractivity contribution in [3.63, 3.8) is 0 Å². The van der Waals surface area contributed by atoms with Crippen LogP contribution in [0.1, 0.15) is 29.9 Å². The summed E-state index contributed by atoms with van der Waals surface area (Å²) < 4.78 is 0. The van der Waals surface area contributed by atoms with Gasteiger partial charge >= 0.3 is 0 Å². The lowest BCUT2D eigenvalue weighted by molar-refractivity contribution is 0.205. The van der Waals surface area contributed by atoms with Crippen LogP contribution in [0.5, 0.6) is 0 Å². The highest BCUT2D eigenvalue weighted by molar-refractivity contribution is 7.07. The second kappa shape index (κ2) is 5.72. The summed E-state index contributed by atoms with van der Waals surface area (Å²) in [6.45, 7) is 3.30. The number of aromatic nitrogens is 1. The lowest BCUT2D eigenvalue weighted by Gasteiger charge is -2.31. The number of H-pyrrole nitrogens is 1. The minimum Gasteiger partial charge on any atom is -0.329 e. The maximum atomic E-state index is 11.3. The zero-order chi connectivity index (χ0) is 13.1. The van der Waals surface area contributed by atoms with Crippen molar-refractivity contribution in [3.8, 4) is 0 Å². The fourth-order valence-corrected chi connectivity index (χ4v) is 3.44. The van der Waals surface area contributed by atoms with Gasteiger partial charge in [-0.1, -0.05) is 0 Å². The van der Waals surface area contributed by atoms with Crippen LogP contribution in [-0.4, -0.2) is 23.0 Å². The number of pyridine rings is 1. The molecule has 3 heterocycles. The molecule has 1 aliphatic heterocycles. The number of rotatable bonds is 3. The second-order valence-corrected chi connectivity index (χ2v) is 5.95. The predicted molar refractivity (Wildman–Crippen MR) is 78.6 cm³/mol. The van der Waals surface area contributed by atoms with E-state index in [9.17, 15) is 4.79 Å². The molecule has 1 aliphatic rings. The molecule has 0 spiro atoms. The van der Waals surface area contributed by atoms with Crippen molar-refractivity contribution in [3.05, 3.63) is 56.6 Å². The third-order valence-electron chi connectivity index (χ3n) is 3.84. The van der Waals surface area contributed by atoms with Gasteiger partial charge in [-0.05, 0) is 65.9 Å². The third kappa shape index (κ3) is 3.14. The van der Waals surface area contributed by atoms with E-state index in [0.717, 1.165) is 32.5 Å². The molecule has 100 valence electrons. The highest BCUT2D eigenvalue weighted by Crippen LogP contribution is 2.27. The van der Waals surface area contributed by atoms with Gasteiger partial charge in [-0.3, -0.25) is 9.69 Å². The monoisotopic (exact) mass is 274 g/mol. The van der Waals surface area contributed by atoms with E-state index in [1.54, 1.807) is 23.6 Å². The summed E-state index contributed by atoms with van der Waals surface area (Å²) in [6, 6.07) is 5.99. The van der Waals surface area contributed by atoms with Gasteiger partial charge in [-0.2, -0.15) is 11.3 Å². The third-order valence-corrected chi connectivity index (χ3v) is 4.58. The molecule has 1 N–H and O–H groups in total. The Labute approximate surface area is 116 Å². The molecule has 1 fully saturated rings. The van der Waals surface area contributed by atoms with Gasteiger partial charge < -0.3 is 4.98 Å². The average Bonchev–Trinajstić information content (AvgIpc) is 2.92. The van der Waals surface area contributed by atoms with Crippen molar-refractivity contribution in [2.45, 2.75) is 25.3 Å². The fraction of sp³-hybridized carbons (Fsp3) is 0.400. The van der Waals surface area contributed by atoms with Gasteiger partial charge in [0.05, 0.1) is 0 Å². The van der Waals surface area contributed by atoms with Crippen LogP contribution in [0.4, 0.5) is 0 Å². The van der Waals surface area contributed by atoms with Gasteiger partial charge in [-0.25, -0.2) is 0 Å².